The van der Waals surface area contributed by atoms with Gasteiger partial charge in [-0.05, 0) is 35.4 Å². The van der Waals surface area contributed by atoms with Crippen LogP contribution in [0.1, 0.15) is 22.3 Å². The van der Waals surface area contributed by atoms with Crippen LogP contribution >= 0.6 is 0 Å². The lowest BCUT2D eigenvalue weighted by Gasteiger charge is -2.01. The van der Waals surface area contributed by atoms with Crippen LogP contribution in [0, 0.1) is 34.3 Å². The molecule has 2 aromatic carbocycles. The molecular weight excluding hydrogens is 358 g/mol. The lowest BCUT2D eigenvalue weighted by Crippen LogP contribution is -2.06. The maximum absolute atomic E-state index is 12.7. The van der Waals surface area contributed by atoms with Crippen LogP contribution in [-0.4, -0.2) is 24.2 Å². The molecule has 0 aliphatic rings. The number of nitriles is 2. The summed E-state index contributed by atoms with van der Waals surface area (Å²) in [6.07, 6.45) is -0.275. The van der Waals surface area contributed by atoms with E-state index in [4.69, 9.17) is 15.6 Å². The SMILES string of the molecule is COC(=O)Cc1ccc(F)cc1C#N.N#Cc1cc(F)ccc1CC(=O)O. The fourth-order valence-corrected chi connectivity index (χ4v) is 2.00. The molecule has 0 heterocycles. The average molecular weight is 372 g/mol. The first-order chi connectivity index (χ1) is 12.8. The average Bonchev–Trinajstić information content (AvgIpc) is 2.64. The summed E-state index contributed by atoms with van der Waals surface area (Å²) in [5.74, 6) is -2.52. The number of halogens is 2. The lowest BCUT2D eigenvalue weighted by molar-refractivity contribution is -0.140. The van der Waals surface area contributed by atoms with Gasteiger partial charge in [-0.25, -0.2) is 8.78 Å². The molecule has 0 radical (unpaired) electrons. The fraction of sp³-hybridized carbons (Fsp3) is 0.158. The highest BCUT2D eigenvalue weighted by atomic mass is 19.1. The van der Waals surface area contributed by atoms with Crippen LogP contribution in [0.5, 0.6) is 0 Å². The molecule has 2 rings (SSSR count). The van der Waals surface area contributed by atoms with Crippen LogP contribution in [0.2, 0.25) is 0 Å². The van der Waals surface area contributed by atoms with E-state index in [9.17, 15) is 18.4 Å². The van der Waals surface area contributed by atoms with Crippen molar-refractivity contribution in [2.75, 3.05) is 7.11 Å². The van der Waals surface area contributed by atoms with Crippen molar-refractivity contribution < 1.29 is 28.2 Å². The molecule has 2 aromatic rings. The molecule has 0 aliphatic carbocycles. The van der Waals surface area contributed by atoms with Crippen LogP contribution in [0.15, 0.2) is 36.4 Å². The zero-order chi connectivity index (χ0) is 20.4. The number of carbonyl (C=O) groups is 2. The van der Waals surface area contributed by atoms with Crippen molar-refractivity contribution in [2.45, 2.75) is 12.8 Å². The highest BCUT2D eigenvalue weighted by Gasteiger charge is 2.09. The molecule has 0 amide bonds. The Labute approximate surface area is 153 Å². The van der Waals surface area contributed by atoms with E-state index < -0.39 is 23.6 Å². The number of carboxylic acids is 1. The minimum atomic E-state index is -1.04. The van der Waals surface area contributed by atoms with E-state index in [2.05, 4.69) is 4.74 Å². The fourth-order valence-electron chi connectivity index (χ4n) is 2.00. The summed E-state index contributed by atoms with van der Waals surface area (Å²) in [5, 5.41) is 25.7. The van der Waals surface area contributed by atoms with Gasteiger partial charge in [-0.1, -0.05) is 12.1 Å². The molecule has 0 bridgehead atoms. The Morgan fingerprint density at radius 1 is 0.963 bits per heavy atom. The van der Waals surface area contributed by atoms with Gasteiger partial charge in [-0.2, -0.15) is 10.5 Å². The molecule has 8 heteroatoms. The third kappa shape index (κ3) is 6.92. The largest absolute Gasteiger partial charge is 0.481 e. The third-order valence-corrected chi connectivity index (χ3v) is 3.29. The van der Waals surface area contributed by atoms with Gasteiger partial charge in [0.05, 0.1) is 43.2 Å². The smallest absolute Gasteiger partial charge is 0.310 e. The van der Waals surface area contributed by atoms with Gasteiger partial charge in [0.2, 0.25) is 0 Å². The first-order valence-corrected chi connectivity index (χ1v) is 7.46. The van der Waals surface area contributed by atoms with E-state index in [-0.39, 0.29) is 24.0 Å². The van der Waals surface area contributed by atoms with E-state index in [0.29, 0.717) is 11.1 Å². The van der Waals surface area contributed by atoms with Crippen molar-refractivity contribution in [3.8, 4) is 12.1 Å². The van der Waals surface area contributed by atoms with E-state index in [1.807, 2.05) is 6.07 Å². The Hall–Kier alpha value is -3.78. The Morgan fingerprint density at radius 3 is 1.78 bits per heavy atom. The maximum Gasteiger partial charge on any atom is 0.310 e. The van der Waals surface area contributed by atoms with Crippen molar-refractivity contribution in [2.24, 2.45) is 0 Å². The quantitative estimate of drug-likeness (QED) is 0.826. The number of esters is 1. The number of nitrogens with zero attached hydrogens (tertiary/aromatic N) is 2. The molecule has 0 saturated heterocycles. The highest BCUT2D eigenvalue weighted by molar-refractivity contribution is 5.73. The number of carboxylic acid groups (broad SMARTS) is 1. The Bertz CT molecular complexity index is 930. The maximum atomic E-state index is 12.7. The molecule has 0 aliphatic heterocycles. The van der Waals surface area contributed by atoms with Gasteiger partial charge in [0.25, 0.3) is 0 Å². The summed E-state index contributed by atoms with van der Waals surface area (Å²) in [6.45, 7) is 0. The summed E-state index contributed by atoms with van der Waals surface area (Å²) in [7, 11) is 1.26. The number of hydrogen-bond donors (Lipinski definition) is 1. The second-order valence-corrected chi connectivity index (χ2v) is 5.15. The van der Waals surface area contributed by atoms with Crippen molar-refractivity contribution >= 4 is 11.9 Å². The van der Waals surface area contributed by atoms with Gasteiger partial charge >= 0.3 is 11.9 Å². The van der Waals surface area contributed by atoms with Crippen molar-refractivity contribution in [1.29, 1.82) is 10.5 Å². The predicted molar refractivity (Wildman–Crippen MR) is 89.3 cm³/mol. The Balaban J connectivity index is 0.000000271. The second kappa shape index (κ2) is 10.3. The van der Waals surface area contributed by atoms with Crippen LogP contribution in [0.4, 0.5) is 8.78 Å². The number of carbonyl (C=O) groups excluding carboxylic acids is 1. The van der Waals surface area contributed by atoms with E-state index in [1.54, 1.807) is 6.07 Å². The summed E-state index contributed by atoms with van der Waals surface area (Å²) in [4.78, 5) is 21.2. The number of benzene rings is 2. The van der Waals surface area contributed by atoms with Crippen molar-refractivity contribution in [3.05, 3.63) is 70.3 Å². The summed E-state index contributed by atoms with van der Waals surface area (Å²) >= 11 is 0. The molecule has 0 fully saturated rings. The third-order valence-electron chi connectivity index (χ3n) is 3.29. The van der Waals surface area contributed by atoms with Crippen LogP contribution < -0.4 is 0 Å². The molecule has 0 aromatic heterocycles. The van der Waals surface area contributed by atoms with E-state index >= 15 is 0 Å². The van der Waals surface area contributed by atoms with Crippen molar-refractivity contribution in [1.82, 2.24) is 0 Å². The zero-order valence-corrected chi connectivity index (χ0v) is 14.2. The molecule has 0 spiro atoms. The standard InChI is InChI=1S/C10H8FNO2.C9H6FNO2/c1-14-10(13)5-7-2-3-9(11)4-8(7)6-12;10-8-2-1-6(4-9(12)13)7(3-8)5-11/h2-4H,5H2,1H3;1-3H,4H2,(H,12,13). The molecule has 6 nitrogen and oxygen atoms in total. The topological polar surface area (TPSA) is 111 Å². The number of hydrogen-bond acceptors (Lipinski definition) is 5. The van der Waals surface area contributed by atoms with Crippen LogP contribution in [0.3, 0.4) is 0 Å². The lowest BCUT2D eigenvalue weighted by atomic mass is 10.1. The first-order valence-electron chi connectivity index (χ1n) is 7.46. The van der Waals surface area contributed by atoms with Crippen LogP contribution in [0.25, 0.3) is 0 Å². The Morgan fingerprint density at radius 2 is 1.41 bits per heavy atom. The first kappa shape index (κ1) is 21.3. The van der Waals surface area contributed by atoms with Gasteiger partial charge < -0.3 is 9.84 Å². The van der Waals surface area contributed by atoms with Gasteiger partial charge in [-0.3, -0.25) is 9.59 Å². The summed E-state index contributed by atoms with van der Waals surface area (Å²) in [5.41, 5.74) is 1.04. The molecule has 0 atom stereocenters. The molecule has 138 valence electrons. The van der Waals surface area contributed by atoms with Gasteiger partial charge in [0, 0.05) is 0 Å². The van der Waals surface area contributed by atoms with Gasteiger partial charge in [-0.15, -0.1) is 0 Å². The molecular formula is C19H14F2N2O4. The Kier molecular flexibility index (Phi) is 8.08. The number of aliphatic carboxylic acids is 1. The van der Waals surface area contributed by atoms with Gasteiger partial charge in [0.15, 0.2) is 0 Å². The van der Waals surface area contributed by atoms with Crippen molar-refractivity contribution in [3.63, 3.8) is 0 Å². The van der Waals surface area contributed by atoms with Gasteiger partial charge in [0.1, 0.15) is 11.6 Å². The molecule has 0 unspecified atom stereocenters. The predicted octanol–water partition coefficient (Wildman–Crippen LogP) is 2.74. The molecule has 1 N–H and O–H groups in total. The second-order valence-electron chi connectivity index (χ2n) is 5.15. The van der Waals surface area contributed by atoms with E-state index in [0.717, 1.165) is 18.2 Å². The monoisotopic (exact) mass is 372 g/mol. The molecule has 0 saturated carbocycles. The highest BCUT2D eigenvalue weighted by Crippen LogP contribution is 2.12. The van der Waals surface area contributed by atoms with E-state index in [1.165, 1.54) is 25.3 Å². The number of ether oxygens (including phenoxy) is 1. The normalized spacial score (nSPS) is 9.22. The molecule has 27 heavy (non-hydrogen) atoms. The number of methoxy groups -OCH3 is 1. The summed E-state index contributed by atoms with van der Waals surface area (Å²) < 4.78 is 29.7. The minimum absolute atomic E-state index is 0.0142. The summed E-state index contributed by atoms with van der Waals surface area (Å²) in [6, 6.07) is 10.7. The minimum Gasteiger partial charge on any atom is -0.481 e. The number of rotatable bonds is 4. The van der Waals surface area contributed by atoms with Crippen LogP contribution in [-0.2, 0) is 27.2 Å². The zero-order valence-electron chi connectivity index (χ0n) is 14.2.